The first-order chi connectivity index (χ1) is 9.20. The van der Waals surface area contributed by atoms with Crippen LogP contribution >= 0.6 is 11.8 Å². The lowest BCUT2D eigenvalue weighted by molar-refractivity contribution is 0.220. The molecule has 2 unspecified atom stereocenters. The first-order valence-corrected chi connectivity index (χ1v) is 7.96. The van der Waals surface area contributed by atoms with Crippen molar-refractivity contribution in [1.82, 2.24) is 15.2 Å². The van der Waals surface area contributed by atoms with E-state index in [-0.39, 0.29) is 11.9 Å². The van der Waals surface area contributed by atoms with Crippen LogP contribution in [0.4, 0.5) is 4.39 Å². The summed E-state index contributed by atoms with van der Waals surface area (Å²) in [4.78, 5) is 6.70. The zero-order chi connectivity index (χ0) is 13.7. The fraction of sp³-hybridized carbons (Fsp3) is 0.643. The average Bonchev–Trinajstić information content (AvgIpc) is 2.43. The number of nitrogens with one attached hydrogen (secondary N) is 1. The van der Waals surface area contributed by atoms with Crippen LogP contribution in [0.5, 0.6) is 0 Å². The van der Waals surface area contributed by atoms with Crippen molar-refractivity contribution in [3.63, 3.8) is 0 Å². The third kappa shape index (κ3) is 4.16. The molecular formula is C14H22FN3S. The molecule has 0 bridgehead atoms. The standard InChI is InChI=1S/C14H22FN3S/c1-11-10-19-8-7-18(11)6-5-13(16-2)14-4-3-12(15)9-17-14/h3-4,9,11,13,16H,5-8,10H2,1-2H3. The molecule has 0 amide bonds. The second kappa shape index (κ2) is 7.22. The van der Waals surface area contributed by atoms with Crippen LogP contribution in [0.3, 0.4) is 0 Å². The first kappa shape index (κ1) is 14.8. The molecule has 0 aromatic carbocycles. The minimum absolute atomic E-state index is 0.197. The number of thioether (sulfide) groups is 1. The highest BCUT2D eigenvalue weighted by Gasteiger charge is 2.20. The van der Waals surface area contributed by atoms with Crippen molar-refractivity contribution in [2.45, 2.75) is 25.4 Å². The molecule has 1 aromatic rings. The highest BCUT2D eigenvalue weighted by molar-refractivity contribution is 7.99. The van der Waals surface area contributed by atoms with Crippen LogP contribution in [0.15, 0.2) is 18.3 Å². The summed E-state index contributed by atoms with van der Waals surface area (Å²) in [5.74, 6) is 2.17. The predicted octanol–water partition coefficient (Wildman–Crippen LogP) is 2.31. The predicted molar refractivity (Wildman–Crippen MR) is 79.0 cm³/mol. The average molecular weight is 283 g/mol. The summed E-state index contributed by atoms with van der Waals surface area (Å²) in [5.41, 5.74) is 0.919. The van der Waals surface area contributed by atoms with E-state index in [1.54, 1.807) is 6.07 Å². The van der Waals surface area contributed by atoms with Crippen molar-refractivity contribution in [2.75, 3.05) is 31.6 Å². The van der Waals surface area contributed by atoms with Crippen molar-refractivity contribution in [3.05, 3.63) is 29.8 Å². The third-order valence-electron chi connectivity index (χ3n) is 3.67. The van der Waals surface area contributed by atoms with E-state index in [0.717, 1.165) is 18.7 Å². The number of halogens is 1. The van der Waals surface area contributed by atoms with Gasteiger partial charge in [0, 0.05) is 30.6 Å². The van der Waals surface area contributed by atoms with E-state index in [9.17, 15) is 4.39 Å². The van der Waals surface area contributed by atoms with Gasteiger partial charge in [-0.05, 0) is 32.5 Å². The summed E-state index contributed by atoms with van der Waals surface area (Å²) in [6, 6.07) is 4.10. The van der Waals surface area contributed by atoms with Crippen LogP contribution < -0.4 is 5.32 Å². The second-order valence-corrected chi connectivity index (χ2v) is 6.14. The molecule has 0 aliphatic carbocycles. The van der Waals surface area contributed by atoms with Crippen LogP contribution in [0.25, 0.3) is 0 Å². The normalized spacial score (nSPS) is 22.4. The lowest BCUT2D eigenvalue weighted by Gasteiger charge is -2.33. The fourth-order valence-corrected chi connectivity index (χ4v) is 3.50. The van der Waals surface area contributed by atoms with Crippen molar-refractivity contribution in [1.29, 1.82) is 0 Å². The van der Waals surface area contributed by atoms with Crippen LogP contribution in [-0.2, 0) is 0 Å². The van der Waals surface area contributed by atoms with Crippen LogP contribution in [0, 0.1) is 5.82 Å². The molecule has 1 aromatic heterocycles. The Morgan fingerprint density at radius 2 is 2.42 bits per heavy atom. The van der Waals surface area contributed by atoms with E-state index < -0.39 is 0 Å². The molecule has 1 aliphatic rings. The second-order valence-electron chi connectivity index (χ2n) is 4.99. The van der Waals surface area contributed by atoms with Gasteiger partial charge < -0.3 is 5.32 Å². The monoisotopic (exact) mass is 283 g/mol. The van der Waals surface area contributed by atoms with Gasteiger partial charge in [0.1, 0.15) is 5.82 Å². The van der Waals surface area contributed by atoms with E-state index in [4.69, 9.17) is 0 Å². The molecule has 1 fully saturated rings. The molecule has 0 radical (unpaired) electrons. The van der Waals surface area contributed by atoms with Gasteiger partial charge >= 0.3 is 0 Å². The first-order valence-electron chi connectivity index (χ1n) is 6.81. The van der Waals surface area contributed by atoms with Crippen molar-refractivity contribution in [2.24, 2.45) is 0 Å². The summed E-state index contributed by atoms with van der Waals surface area (Å²) < 4.78 is 12.9. The number of pyridine rings is 1. The van der Waals surface area contributed by atoms with E-state index in [1.165, 1.54) is 30.3 Å². The van der Waals surface area contributed by atoms with Gasteiger partial charge in [0.15, 0.2) is 0 Å². The minimum Gasteiger partial charge on any atom is -0.312 e. The van der Waals surface area contributed by atoms with E-state index in [1.807, 2.05) is 18.8 Å². The molecular weight excluding hydrogens is 261 g/mol. The van der Waals surface area contributed by atoms with Crippen LogP contribution in [-0.4, -0.2) is 47.6 Å². The molecule has 1 aliphatic heterocycles. The summed E-state index contributed by atoms with van der Waals surface area (Å²) in [7, 11) is 1.94. The lowest BCUT2D eigenvalue weighted by Crippen LogP contribution is -2.41. The van der Waals surface area contributed by atoms with Gasteiger partial charge in [0.05, 0.1) is 17.9 Å². The van der Waals surface area contributed by atoms with Gasteiger partial charge in [-0.15, -0.1) is 0 Å². The summed E-state index contributed by atoms with van der Waals surface area (Å²) >= 11 is 2.03. The van der Waals surface area contributed by atoms with Gasteiger partial charge in [-0.1, -0.05) is 0 Å². The molecule has 2 atom stereocenters. The number of hydrogen-bond donors (Lipinski definition) is 1. The number of hydrogen-bond acceptors (Lipinski definition) is 4. The minimum atomic E-state index is -0.278. The Kier molecular flexibility index (Phi) is 5.60. The smallest absolute Gasteiger partial charge is 0.141 e. The maximum atomic E-state index is 12.9. The molecule has 2 rings (SSSR count). The van der Waals surface area contributed by atoms with E-state index in [0.29, 0.717) is 6.04 Å². The quantitative estimate of drug-likeness (QED) is 0.897. The molecule has 3 nitrogen and oxygen atoms in total. The van der Waals surface area contributed by atoms with Crippen molar-refractivity contribution < 1.29 is 4.39 Å². The third-order valence-corrected chi connectivity index (χ3v) is 4.86. The number of aromatic nitrogens is 1. The van der Waals surface area contributed by atoms with Crippen molar-refractivity contribution >= 4 is 11.8 Å². The summed E-state index contributed by atoms with van der Waals surface area (Å²) in [6.45, 7) is 4.52. The molecule has 106 valence electrons. The zero-order valence-corrected chi connectivity index (χ0v) is 12.4. The molecule has 1 N–H and O–H groups in total. The Hall–Kier alpha value is -0.650. The van der Waals surface area contributed by atoms with Gasteiger partial charge in [-0.2, -0.15) is 11.8 Å². The Morgan fingerprint density at radius 3 is 3.05 bits per heavy atom. The SMILES string of the molecule is CNC(CCN1CCSCC1C)c1ccc(F)cn1. The maximum Gasteiger partial charge on any atom is 0.141 e. The Morgan fingerprint density at radius 1 is 1.58 bits per heavy atom. The maximum absolute atomic E-state index is 12.9. The summed E-state index contributed by atoms with van der Waals surface area (Å²) in [5, 5.41) is 3.28. The molecule has 5 heteroatoms. The lowest BCUT2D eigenvalue weighted by atomic mass is 10.1. The fourth-order valence-electron chi connectivity index (χ4n) is 2.42. The van der Waals surface area contributed by atoms with Gasteiger partial charge in [-0.3, -0.25) is 9.88 Å². The number of rotatable bonds is 5. The Labute approximate surface area is 119 Å². The Balaban J connectivity index is 1.90. The van der Waals surface area contributed by atoms with E-state index in [2.05, 4.69) is 22.1 Å². The summed E-state index contributed by atoms with van der Waals surface area (Å²) in [6.07, 6.45) is 2.30. The topological polar surface area (TPSA) is 28.2 Å². The van der Waals surface area contributed by atoms with Crippen molar-refractivity contribution in [3.8, 4) is 0 Å². The molecule has 19 heavy (non-hydrogen) atoms. The number of nitrogens with zero attached hydrogens (tertiary/aromatic N) is 2. The van der Waals surface area contributed by atoms with Crippen LogP contribution in [0.2, 0.25) is 0 Å². The molecule has 0 saturated carbocycles. The van der Waals surface area contributed by atoms with Gasteiger partial charge in [-0.25, -0.2) is 4.39 Å². The van der Waals surface area contributed by atoms with Gasteiger partial charge in [0.2, 0.25) is 0 Å². The highest BCUT2D eigenvalue weighted by Crippen LogP contribution is 2.19. The Bertz CT molecular complexity index is 385. The molecule has 1 saturated heterocycles. The van der Waals surface area contributed by atoms with E-state index >= 15 is 0 Å². The molecule has 0 spiro atoms. The van der Waals surface area contributed by atoms with Crippen LogP contribution in [0.1, 0.15) is 25.1 Å². The molecule has 2 heterocycles. The largest absolute Gasteiger partial charge is 0.312 e. The zero-order valence-electron chi connectivity index (χ0n) is 11.6. The highest BCUT2D eigenvalue weighted by atomic mass is 32.2. The van der Waals surface area contributed by atoms with Gasteiger partial charge in [0.25, 0.3) is 0 Å².